The van der Waals surface area contributed by atoms with Gasteiger partial charge in [-0.15, -0.1) is 10.2 Å². The smallest absolute Gasteiger partial charge is 0.0565 e. The van der Waals surface area contributed by atoms with Crippen LogP contribution < -0.4 is 0 Å². The first-order valence-corrected chi connectivity index (χ1v) is 3.96. The fraction of sp³-hybridized carbons (Fsp3) is 0.111. The number of hydrogen-bond donors (Lipinski definition) is 0. The van der Waals surface area contributed by atoms with Gasteiger partial charge in [0.05, 0.1) is 12.4 Å². The summed E-state index contributed by atoms with van der Waals surface area (Å²) in [6.45, 7) is 0. The van der Waals surface area contributed by atoms with Gasteiger partial charge in [-0.05, 0) is 22.4 Å². The second kappa shape index (κ2) is 3.71. The summed E-state index contributed by atoms with van der Waals surface area (Å²) in [5.74, 6) is 0. The Morgan fingerprint density at radius 1 is 1.00 bits per heavy atom. The zero-order chi connectivity index (χ0) is 8.93. The molecule has 0 saturated carbocycles. The molecular weight excluding hydrogens is 164 g/mol. The third kappa shape index (κ3) is 2.05. The zero-order valence-electron chi connectivity index (χ0n) is 6.96. The Kier molecular flexibility index (Phi) is 2.22. The van der Waals surface area contributed by atoms with Crippen LogP contribution in [-0.2, 0) is 6.42 Å². The highest BCUT2D eigenvalue weighted by molar-refractivity contribution is 5.18. The van der Waals surface area contributed by atoms with E-state index < -0.39 is 0 Å². The average molecular weight is 172 g/mol. The van der Waals surface area contributed by atoms with E-state index in [-0.39, 0.29) is 0 Å². The van der Waals surface area contributed by atoms with E-state index in [1.165, 1.54) is 0 Å². The zero-order valence-corrected chi connectivity index (χ0v) is 6.96. The van der Waals surface area contributed by atoms with Gasteiger partial charge in [-0.1, -0.05) is 6.07 Å². The van der Waals surface area contributed by atoms with Crippen LogP contribution in [0, 0.1) is 0 Å². The summed E-state index contributed by atoms with van der Waals surface area (Å²) in [6.07, 6.45) is 7.81. The summed E-state index contributed by atoms with van der Waals surface area (Å²) in [7, 11) is 0. The minimum absolute atomic E-state index is 0.802. The van der Waals surface area contributed by atoms with Crippen molar-refractivity contribution in [1.82, 2.24) is 20.4 Å². The van der Waals surface area contributed by atoms with E-state index in [1.54, 1.807) is 18.6 Å². The van der Waals surface area contributed by atoms with Crippen LogP contribution in [0.3, 0.4) is 0 Å². The summed E-state index contributed by atoms with van der Waals surface area (Å²) < 4.78 is 0. The molecule has 2 aromatic rings. The molecule has 4 heteroatoms. The van der Waals surface area contributed by atoms with Crippen LogP contribution in [-0.4, -0.2) is 20.4 Å². The molecule has 2 rings (SSSR count). The minimum Gasteiger partial charge on any atom is -0.264 e. The van der Waals surface area contributed by atoms with E-state index in [0.717, 1.165) is 17.5 Å². The van der Waals surface area contributed by atoms with Gasteiger partial charge in [-0.3, -0.25) is 4.98 Å². The molecule has 13 heavy (non-hydrogen) atoms. The fourth-order valence-corrected chi connectivity index (χ4v) is 1.09. The van der Waals surface area contributed by atoms with Crippen LogP contribution in [0.5, 0.6) is 0 Å². The van der Waals surface area contributed by atoms with Crippen molar-refractivity contribution in [3.8, 4) is 0 Å². The van der Waals surface area contributed by atoms with Gasteiger partial charge in [0.25, 0.3) is 0 Å². The Morgan fingerprint density at radius 2 is 1.85 bits per heavy atom. The van der Waals surface area contributed by atoms with Crippen LogP contribution in [0.2, 0.25) is 0 Å². The lowest BCUT2D eigenvalue weighted by molar-refractivity contribution is 0.844. The van der Waals surface area contributed by atoms with Crippen LogP contribution in [0.1, 0.15) is 11.1 Å². The quantitative estimate of drug-likeness (QED) is 0.674. The molecule has 0 aliphatic rings. The Hall–Kier alpha value is -1.84. The van der Waals surface area contributed by atoms with Crippen molar-refractivity contribution in [2.45, 2.75) is 6.42 Å². The molecule has 0 amide bonds. The maximum Gasteiger partial charge on any atom is 0.0565 e. The van der Waals surface area contributed by atoms with Gasteiger partial charge in [0.15, 0.2) is 0 Å². The van der Waals surface area contributed by atoms with Crippen LogP contribution in [0.25, 0.3) is 0 Å². The molecule has 0 aromatic carbocycles. The largest absolute Gasteiger partial charge is 0.264 e. The predicted molar refractivity (Wildman–Crippen MR) is 46.9 cm³/mol. The van der Waals surface area contributed by atoms with E-state index in [1.807, 2.05) is 18.3 Å². The second-order valence-electron chi connectivity index (χ2n) is 2.69. The predicted octanol–water partition coefficient (Wildman–Crippen LogP) is 0.857. The van der Waals surface area contributed by atoms with Crippen LogP contribution >= 0.6 is 0 Å². The third-order valence-corrected chi connectivity index (χ3v) is 1.68. The van der Waals surface area contributed by atoms with Crippen molar-refractivity contribution in [2.24, 2.45) is 0 Å². The van der Waals surface area contributed by atoms with Crippen molar-refractivity contribution in [2.75, 3.05) is 0 Å². The molecule has 0 bridgehead atoms. The van der Waals surface area contributed by atoms with Gasteiger partial charge >= 0.3 is 0 Å². The maximum absolute atomic E-state index is 4.02. The van der Waals surface area contributed by atoms with Gasteiger partial charge in [-0.2, -0.15) is 0 Å². The Morgan fingerprint density at radius 3 is 2.54 bits per heavy atom. The number of aromatic nitrogens is 4. The number of nitrogens with zero attached hydrogens (tertiary/aromatic N) is 4. The molecule has 64 valence electrons. The standard InChI is InChI=1S/C9H8N4/c1-2-8(5-10-3-1)4-9-6-11-13-12-7-9/h1-3,5-7H,4H2. The molecule has 2 aromatic heterocycles. The molecule has 0 saturated heterocycles. The molecule has 0 unspecified atom stereocenters. The molecule has 0 atom stereocenters. The Labute approximate surface area is 75.7 Å². The lowest BCUT2D eigenvalue weighted by Gasteiger charge is -1.97. The highest BCUT2D eigenvalue weighted by Crippen LogP contribution is 2.03. The molecule has 4 nitrogen and oxygen atoms in total. The van der Waals surface area contributed by atoms with E-state index in [4.69, 9.17) is 0 Å². The van der Waals surface area contributed by atoms with E-state index in [2.05, 4.69) is 20.4 Å². The second-order valence-corrected chi connectivity index (χ2v) is 2.69. The Bertz CT molecular complexity index is 322. The topological polar surface area (TPSA) is 51.6 Å². The number of pyridine rings is 1. The Balaban J connectivity index is 2.16. The van der Waals surface area contributed by atoms with Crippen molar-refractivity contribution in [3.05, 3.63) is 48.0 Å². The number of rotatable bonds is 2. The molecule has 0 aliphatic heterocycles. The highest BCUT2D eigenvalue weighted by atomic mass is 15.3. The monoisotopic (exact) mass is 172 g/mol. The summed E-state index contributed by atoms with van der Waals surface area (Å²) in [6, 6.07) is 3.94. The molecule has 0 spiro atoms. The first kappa shape index (κ1) is 7.79. The highest BCUT2D eigenvalue weighted by Gasteiger charge is 1.95. The minimum atomic E-state index is 0.802. The number of hydrogen-bond acceptors (Lipinski definition) is 4. The molecule has 0 N–H and O–H groups in total. The van der Waals surface area contributed by atoms with Gasteiger partial charge in [-0.25, -0.2) is 0 Å². The lowest BCUT2D eigenvalue weighted by atomic mass is 10.1. The van der Waals surface area contributed by atoms with Gasteiger partial charge in [0.1, 0.15) is 0 Å². The normalized spacial score (nSPS) is 9.85. The van der Waals surface area contributed by atoms with E-state index in [0.29, 0.717) is 0 Å². The summed E-state index contributed by atoms with van der Waals surface area (Å²) >= 11 is 0. The van der Waals surface area contributed by atoms with Crippen LogP contribution in [0.4, 0.5) is 0 Å². The SMILES string of the molecule is c1cncc(Cc2cnnnc2)c1. The first-order valence-electron chi connectivity index (χ1n) is 3.96. The van der Waals surface area contributed by atoms with Crippen molar-refractivity contribution in [1.29, 1.82) is 0 Å². The summed E-state index contributed by atoms with van der Waals surface area (Å²) in [5.41, 5.74) is 2.19. The van der Waals surface area contributed by atoms with Crippen molar-refractivity contribution >= 4 is 0 Å². The first-order chi connectivity index (χ1) is 6.45. The average Bonchev–Trinajstić information content (AvgIpc) is 2.21. The fourth-order valence-electron chi connectivity index (χ4n) is 1.09. The van der Waals surface area contributed by atoms with Crippen LogP contribution in [0.15, 0.2) is 36.9 Å². The molecule has 2 heterocycles. The van der Waals surface area contributed by atoms with Gasteiger partial charge in [0.2, 0.25) is 0 Å². The van der Waals surface area contributed by atoms with Gasteiger partial charge < -0.3 is 0 Å². The van der Waals surface area contributed by atoms with E-state index in [9.17, 15) is 0 Å². The summed E-state index contributed by atoms with van der Waals surface area (Å²) in [5, 5.41) is 10.9. The molecule has 0 fully saturated rings. The van der Waals surface area contributed by atoms with E-state index >= 15 is 0 Å². The maximum atomic E-state index is 4.02. The van der Waals surface area contributed by atoms with Gasteiger partial charge in [0, 0.05) is 18.8 Å². The third-order valence-electron chi connectivity index (χ3n) is 1.68. The molecule has 0 radical (unpaired) electrons. The lowest BCUT2D eigenvalue weighted by Crippen LogP contribution is -1.93. The van der Waals surface area contributed by atoms with Crippen molar-refractivity contribution < 1.29 is 0 Å². The molecular formula is C9H8N4. The van der Waals surface area contributed by atoms with Crippen molar-refractivity contribution in [3.63, 3.8) is 0 Å². The molecule has 0 aliphatic carbocycles. The summed E-state index contributed by atoms with van der Waals surface area (Å²) in [4.78, 5) is 4.02.